The van der Waals surface area contributed by atoms with Crippen molar-refractivity contribution >= 4 is 41.0 Å². The maximum Gasteiger partial charge on any atom is 0.416 e. The molecule has 2 fully saturated rings. The Kier molecular flexibility index (Phi) is 11.2. The number of carbonyl (C=O) groups is 3. The van der Waals surface area contributed by atoms with Crippen LogP contribution in [-0.2, 0) is 22.4 Å². The quantitative estimate of drug-likeness (QED) is 0.250. The van der Waals surface area contributed by atoms with Crippen molar-refractivity contribution in [3.05, 3.63) is 106 Å². The number of hydrogen-bond donors (Lipinski definition) is 2. The first kappa shape index (κ1) is 38.6. The van der Waals surface area contributed by atoms with Gasteiger partial charge in [-0.3, -0.25) is 19.8 Å². The molecule has 17 heteroatoms. The van der Waals surface area contributed by atoms with Gasteiger partial charge in [0.05, 0.1) is 27.7 Å². The number of hydrazine groups is 1. The second-order valence-electron chi connectivity index (χ2n) is 13.9. The predicted molar refractivity (Wildman–Crippen MR) is 202 cm³/mol. The molecule has 1 aromatic heterocycles. The number of nitrogens with one attached hydrogen (secondary N) is 2. The van der Waals surface area contributed by atoms with Gasteiger partial charge in [0.25, 0.3) is 11.8 Å². The van der Waals surface area contributed by atoms with Crippen molar-refractivity contribution < 1.29 is 32.3 Å². The predicted octanol–water partition coefficient (Wildman–Crippen LogP) is 6.10. The van der Waals surface area contributed by atoms with Crippen molar-refractivity contribution in [1.82, 2.24) is 35.1 Å². The van der Waals surface area contributed by atoms with Crippen LogP contribution in [0, 0.1) is 12.8 Å². The van der Waals surface area contributed by atoms with Crippen molar-refractivity contribution in [2.75, 3.05) is 38.0 Å². The molecular formula is C39H41ClF3N9O4. The molecule has 13 nitrogen and oxygen atoms in total. The molecule has 2 N–H and O–H groups in total. The van der Waals surface area contributed by atoms with Gasteiger partial charge in [0.2, 0.25) is 11.9 Å². The van der Waals surface area contributed by atoms with E-state index < -0.39 is 17.6 Å². The highest BCUT2D eigenvalue weighted by molar-refractivity contribution is 6.33. The summed E-state index contributed by atoms with van der Waals surface area (Å²) in [5.41, 5.74) is 4.70. The van der Waals surface area contributed by atoms with Gasteiger partial charge in [0, 0.05) is 26.2 Å². The maximum atomic E-state index is 14.4. The van der Waals surface area contributed by atoms with E-state index in [1.54, 1.807) is 16.7 Å². The van der Waals surface area contributed by atoms with Gasteiger partial charge in [-0.2, -0.15) is 23.2 Å². The largest absolute Gasteiger partial charge is 0.485 e. The number of anilines is 1. The average Bonchev–Trinajstić information content (AvgIpc) is 3.86. The lowest BCUT2D eigenvalue weighted by Crippen LogP contribution is -2.59. The van der Waals surface area contributed by atoms with Crippen LogP contribution in [0.4, 0.5) is 18.9 Å². The number of carbonyl (C=O) groups excluding carboxylic acids is 3. The third-order valence-electron chi connectivity index (χ3n) is 10.2. The number of aliphatic imine (C=N–C) groups is 1. The van der Waals surface area contributed by atoms with Crippen molar-refractivity contribution in [2.45, 2.75) is 58.7 Å². The van der Waals surface area contributed by atoms with Gasteiger partial charge in [-0.05, 0) is 61.9 Å². The monoisotopic (exact) mass is 791 g/mol. The fourth-order valence-corrected chi connectivity index (χ4v) is 7.57. The van der Waals surface area contributed by atoms with Crippen LogP contribution in [-0.4, -0.2) is 86.1 Å². The van der Waals surface area contributed by atoms with E-state index in [4.69, 9.17) is 21.3 Å². The summed E-state index contributed by atoms with van der Waals surface area (Å²) in [5, 5.41) is 3.68. The van der Waals surface area contributed by atoms with E-state index in [1.165, 1.54) is 11.3 Å². The van der Waals surface area contributed by atoms with Gasteiger partial charge in [-0.25, -0.2) is 9.97 Å². The molecule has 3 aromatic rings. The molecular weight excluding hydrogens is 751 g/mol. The molecule has 0 atom stereocenters. The highest BCUT2D eigenvalue weighted by Gasteiger charge is 2.44. The van der Waals surface area contributed by atoms with Crippen LogP contribution in [0.3, 0.4) is 0 Å². The van der Waals surface area contributed by atoms with Gasteiger partial charge in [-0.15, -0.1) is 0 Å². The Labute approximate surface area is 326 Å². The van der Waals surface area contributed by atoms with Crippen LogP contribution in [0.25, 0.3) is 0 Å². The topological polar surface area (TPSA) is 136 Å². The molecule has 0 radical (unpaired) electrons. The van der Waals surface area contributed by atoms with Crippen molar-refractivity contribution in [3.8, 4) is 5.75 Å². The zero-order valence-corrected chi connectivity index (χ0v) is 31.7. The van der Waals surface area contributed by atoms with Gasteiger partial charge in [-0.1, -0.05) is 61.7 Å². The van der Waals surface area contributed by atoms with Gasteiger partial charge >= 0.3 is 6.18 Å². The van der Waals surface area contributed by atoms with E-state index in [-0.39, 0.29) is 60.4 Å². The van der Waals surface area contributed by atoms with Crippen LogP contribution in [0.1, 0.15) is 66.3 Å². The fourth-order valence-electron chi connectivity index (χ4n) is 7.34. The second-order valence-corrected chi connectivity index (χ2v) is 14.3. The van der Waals surface area contributed by atoms with Crippen LogP contribution >= 0.6 is 11.6 Å². The standard InChI is InChI=1S/C39H41ClF3N9O4/c1-3-30-34(49-15-17-50(18-16-49)36(54)33-35(24(2)44-23-45-33)56-22-26-11-5-4-6-12-26)37(55)52-38(47-31(48-52)19-25-9-7-8-10-25)51(30)21-32(53)46-29-14-13-27(20-28(29)40)39(41,42)43/h4-6,11-14,19-20,23,25,48H,3,7-10,15-18,21-22H2,1-2H3,(H,46,53). The first-order chi connectivity index (χ1) is 26.9. The number of aryl methyl sites for hydroxylation is 1. The molecule has 3 amide bonds. The van der Waals surface area contributed by atoms with E-state index in [2.05, 4.69) is 20.7 Å². The minimum atomic E-state index is -4.60. The number of rotatable bonds is 10. The van der Waals surface area contributed by atoms with E-state index in [1.807, 2.05) is 48.2 Å². The normalized spacial score (nSPS) is 18.4. The summed E-state index contributed by atoms with van der Waals surface area (Å²) in [6.45, 7) is 4.67. The molecule has 2 aromatic carbocycles. The third kappa shape index (κ3) is 8.15. The highest BCUT2D eigenvalue weighted by atomic mass is 35.5. The van der Waals surface area contributed by atoms with Gasteiger partial charge in [0.15, 0.2) is 11.4 Å². The summed E-state index contributed by atoms with van der Waals surface area (Å²) in [6.07, 6.45) is 3.30. The summed E-state index contributed by atoms with van der Waals surface area (Å²) in [7, 11) is 0. The number of nitrogens with zero attached hydrogens (tertiary/aromatic N) is 7. The van der Waals surface area contributed by atoms with Crippen molar-refractivity contribution in [3.63, 3.8) is 0 Å². The number of benzene rings is 2. The number of piperazine rings is 1. The molecule has 1 saturated heterocycles. The number of alkyl halides is 3. The molecule has 294 valence electrons. The lowest BCUT2D eigenvalue weighted by molar-refractivity contribution is -0.137. The van der Waals surface area contributed by atoms with Crippen LogP contribution in [0.15, 0.2) is 83.1 Å². The summed E-state index contributed by atoms with van der Waals surface area (Å²) >= 11 is 6.16. The van der Waals surface area contributed by atoms with E-state index in [0.29, 0.717) is 54.1 Å². The fraction of sp³-hybridized carbons (Fsp3) is 0.385. The smallest absolute Gasteiger partial charge is 0.416 e. The second kappa shape index (κ2) is 16.2. The summed E-state index contributed by atoms with van der Waals surface area (Å²) in [5.74, 6) is 0.0446. The number of hydrogen-bond acceptors (Lipinski definition) is 10. The van der Waals surface area contributed by atoms with E-state index in [9.17, 15) is 27.6 Å². The molecule has 1 aliphatic carbocycles. The van der Waals surface area contributed by atoms with Crippen molar-refractivity contribution in [2.24, 2.45) is 10.9 Å². The van der Waals surface area contributed by atoms with Crippen LogP contribution in [0.5, 0.6) is 5.75 Å². The zero-order valence-electron chi connectivity index (χ0n) is 30.9. The molecule has 56 heavy (non-hydrogen) atoms. The first-order valence-corrected chi connectivity index (χ1v) is 18.9. The molecule has 3 aliphatic heterocycles. The lowest BCUT2D eigenvalue weighted by Gasteiger charge is -2.43. The summed E-state index contributed by atoms with van der Waals surface area (Å²) in [4.78, 5) is 60.3. The third-order valence-corrected chi connectivity index (χ3v) is 10.5. The van der Waals surface area contributed by atoms with Crippen LogP contribution in [0.2, 0.25) is 5.02 Å². The summed E-state index contributed by atoms with van der Waals surface area (Å²) in [6, 6.07) is 12.3. The number of allylic oxidation sites excluding steroid dienone is 2. The number of ether oxygens (including phenoxy) is 1. The molecule has 4 heterocycles. The van der Waals surface area contributed by atoms with E-state index in [0.717, 1.165) is 49.4 Å². The Morgan fingerprint density at radius 2 is 1.79 bits per heavy atom. The molecule has 0 bridgehead atoms. The SMILES string of the molecule is CCC1=C(N2CCN(C(=O)c3ncnc(C)c3OCc3ccccc3)CC2)C(=O)N2NC(=CC3CCCC3)N=C2N1CC(=O)Nc1ccc(C(F)(F)F)cc1Cl. The lowest BCUT2D eigenvalue weighted by atomic mass is 10.1. The minimum Gasteiger partial charge on any atom is -0.485 e. The number of aromatic nitrogens is 2. The Morgan fingerprint density at radius 3 is 2.46 bits per heavy atom. The van der Waals surface area contributed by atoms with E-state index >= 15 is 0 Å². The zero-order chi connectivity index (χ0) is 39.6. The maximum absolute atomic E-state index is 14.4. The molecule has 7 rings (SSSR count). The van der Waals surface area contributed by atoms with Gasteiger partial charge < -0.3 is 24.8 Å². The Balaban J connectivity index is 1.12. The van der Waals surface area contributed by atoms with Gasteiger partial charge in [0.1, 0.15) is 31.0 Å². The summed E-state index contributed by atoms with van der Waals surface area (Å²) < 4.78 is 45.9. The Hall–Kier alpha value is -5.64. The molecule has 1 saturated carbocycles. The van der Waals surface area contributed by atoms with Crippen LogP contribution < -0.4 is 15.5 Å². The first-order valence-electron chi connectivity index (χ1n) is 18.5. The Morgan fingerprint density at radius 1 is 1.05 bits per heavy atom. The van der Waals surface area contributed by atoms with Crippen molar-refractivity contribution in [1.29, 1.82) is 0 Å². The molecule has 4 aliphatic rings. The Bertz CT molecular complexity index is 2100. The average molecular weight is 792 g/mol. The molecule has 0 unspecified atom stereocenters. The number of halogens is 4. The number of amides is 3. The number of guanidine groups is 1. The minimum absolute atomic E-state index is 0.0125. The highest BCUT2D eigenvalue weighted by Crippen LogP contribution is 2.35. The molecule has 0 spiro atoms. The number of fused-ring (bicyclic) bond motifs is 1.